The minimum Gasteiger partial charge on any atom is -0.452 e. The maximum Gasteiger partial charge on any atom is 0.338 e. The topological polar surface area (TPSA) is 75.7 Å². The van der Waals surface area contributed by atoms with Gasteiger partial charge < -0.3 is 15.0 Å². The molecule has 0 heterocycles. The minimum atomic E-state index is -0.616. The maximum atomic E-state index is 12.2. The Kier molecular flexibility index (Phi) is 6.49. The van der Waals surface area contributed by atoms with E-state index in [9.17, 15) is 14.4 Å². The number of amides is 2. The number of rotatable bonds is 6. The van der Waals surface area contributed by atoms with E-state index in [1.165, 1.54) is 17.9 Å². The molecular formula is C20H22N2O4. The van der Waals surface area contributed by atoms with Crippen LogP contribution in [0.5, 0.6) is 0 Å². The zero-order chi connectivity index (χ0) is 19.1. The molecule has 0 saturated heterocycles. The third-order valence-electron chi connectivity index (χ3n) is 3.84. The lowest BCUT2D eigenvalue weighted by atomic mass is 10.1. The number of anilines is 1. The molecule has 1 N–H and O–H groups in total. The van der Waals surface area contributed by atoms with Crippen molar-refractivity contribution in [3.05, 3.63) is 65.2 Å². The van der Waals surface area contributed by atoms with E-state index in [0.29, 0.717) is 12.2 Å². The Bertz CT molecular complexity index is 817. The first kappa shape index (κ1) is 19.2. The van der Waals surface area contributed by atoms with E-state index in [2.05, 4.69) is 5.32 Å². The molecule has 136 valence electrons. The van der Waals surface area contributed by atoms with Gasteiger partial charge in [0.25, 0.3) is 5.91 Å². The van der Waals surface area contributed by atoms with Crippen molar-refractivity contribution < 1.29 is 19.1 Å². The van der Waals surface area contributed by atoms with E-state index in [0.717, 1.165) is 11.1 Å². The molecule has 0 bridgehead atoms. The third kappa shape index (κ3) is 5.44. The van der Waals surface area contributed by atoms with E-state index in [-0.39, 0.29) is 24.0 Å². The highest BCUT2D eigenvalue weighted by atomic mass is 16.5. The van der Waals surface area contributed by atoms with Crippen LogP contribution in [-0.2, 0) is 20.9 Å². The van der Waals surface area contributed by atoms with Crippen LogP contribution in [0.25, 0.3) is 0 Å². The van der Waals surface area contributed by atoms with Gasteiger partial charge >= 0.3 is 5.97 Å². The SMILES string of the molecule is CC(=O)Nc1cccc(C(=O)OCC(=O)N(C)Cc2ccccc2C)c1. The molecule has 6 nitrogen and oxygen atoms in total. The van der Waals surface area contributed by atoms with Crippen molar-refractivity contribution >= 4 is 23.5 Å². The fourth-order valence-corrected chi connectivity index (χ4v) is 2.38. The predicted molar refractivity (Wildman–Crippen MR) is 98.7 cm³/mol. The summed E-state index contributed by atoms with van der Waals surface area (Å²) in [4.78, 5) is 36.9. The summed E-state index contributed by atoms with van der Waals surface area (Å²) in [5.74, 6) is -1.14. The number of esters is 1. The van der Waals surface area contributed by atoms with Crippen LogP contribution in [0.1, 0.15) is 28.4 Å². The first-order valence-electron chi connectivity index (χ1n) is 8.20. The fourth-order valence-electron chi connectivity index (χ4n) is 2.38. The van der Waals surface area contributed by atoms with Gasteiger partial charge in [0.2, 0.25) is 5.91 Å². The van der Waals surface area contributed by atoms with Crippen LogP contribution in [0.3, 0.4) is 0 Å². The average molecular weight is 354 g/mol. The molecule has 0 aliphatic heterocycles. The Morgan fingerprint density at radius 3 is 2.50 bits per heavy atom. The Morgan fingerprint density at radius 2 is 1.81 bits per heavy atom. The van der Waals surface area contributed by atoms with Gasteiger partial charge in [0.1, 0.15) is 0 Å². The first-order valence-corrected chi connectivity index (χ1v) is 8.20. The molecule has 0 fully saturated rings. The molecular weight excluding hydrogens is 332 g/mol. The van der Waals surface area contributed by atoms with Crippen molar-refractivity contribution in [2.45, 2.75) is 20.4 Å². The second-order valence-electron chi connectivity index (χ2n) is 6.01. The molecule has 0 atom stereocenters. The van der Waals surface area contributed by atoms with E-state index in [1.807, 2.05) is 31.2 Å². The van der Waals surface area contributed by atoms with Crippen LogP contribution in [-0.4, -0.2) is 36.3 Å². The van der Waals surface area contributed by atoms with Gasteiger partial charge in [-0.3, -0.25) is 9.59 Å². The largest absolute Gasteiger partial charge is 0.452 e. The molecule has 26 heavy (non-hydrogen) atoms. The number of benzene rings is 2. The molecule has 0 unspecified atom stereocenters. The summed E-state index contributed by atoms with van der Waals surface area (Å²) in [7, 11) is 1.67. The molecule has 0 aliphatic carbocycles. The maximum absolute atomic E-state index is 12.2. The number of hydrogen-bond donors (Lipinski definition) is 1. The summed E-state index contributed by atoms with van der Waals surface area (Å²) in [6.07, 6.45) is 0. The smallest absolute Gasteiger partial charge is 0.338 e. The molecule has 0 saturated carbocycles. The van der Waals surface area contributed by atoms with Gasteiger partial charge in [0.15, 0.2) is 6.61 Å². The summed E-state index contributed by atoms with van der Waals surface area (Å²) in [5.41, 5.74) is 2.90. The third-order valence-corrected chi connectivity index (χ3v) is 3.84. The number of hydrogen-bond acceptors (Lipinski definition) is 4. The van der Waals surface area contributed by atoms with Crippen molar-refractivity contribution in [2.24, 2.45) is 0 Å². The molecule has 0 aliphatic rings. The van der Waals surface area contributed by atoms with E-state index < -0.39 is 5.97 Å². The van der Waals surface area contributed by atoms with Crippen LogP contribution in [0.4, 0.5) is 5.69 Å². The van der Waals surface area contributed by atoms with Gasteiger partial charge in [-0.1, -0.05) is 30.3 Å². The fraction of sp³-hybridized carbons (Fsp3) is 0.250. The Balaban J connectivity index is 1.91. The molecule has 6 heteroatoms. The second-order valence-corrected chi connectivity index (χ2v) is 6.01. The highest BCUT2D eigenvalue weighted by Crippen LogP contribution is 2.12. The van der Waals surface area contributed by atoms with Crippen LogP contribution in [0.15, 0.2) is 48.5 Å². The van der Waals surface area contributed by atoms with Crippen LogP contribution in [0.2, 0.25) is 0 Å². The van der Waals surface area contributed by atoms with Gasteiger partial charge in [0.05, 0.1) is 5.56 Å². The van der Waals surface area contributed by atoms with E-state index in [1.54, 1.807) is 25.2 Å². The lowest BCUT2D eigenvalue weighted by Gasteiger charge is -2.18. The molecule has 0 radical (unpaired) electrons. The van der Waals surface area contributed by atoms with Crippen molar-refractivity contribution in [1.29, 1.82) is 0 Å². The first-order chi connectivity index (χ1) is 12.4. The van der Waals surface area contributed by atoms with E-state index >= 15 is 0 Å². The Morgan fingerprint density at radius 1 is 1.08 bits per heavy atom. The number of likely N-dealkylation sites (N-methyl/N-ethyl adjacent to an activating group) is 1. The molecule has 0 aromatic heterocycles. The standard InChI is InChI=1S/C20H22N2O4/c1-14-7-4-5-8-17(14)12-22(3)19(24)13-26-20(25)16-9-6-10-18(11-16)21-15(2)23/h4-11H,12-13H2,1-3H3,(H,21,23). The van der Waals surface area contributed by atoms with Crippen molar-refractivity contribution in [1.82, 2.24) is 4.90 Å². The van der Waals surface area contributed by atoms with Crippen molar-refractivity contribution in [3.63, 3.8) is 0 Å². The summed E-state index contributed by atoms with van der Waals surface area (Å²) < 4.78 is 5.10. The molecule has 2 aromatic carbocycles. The number of carbonyl (C=O) groups is 3. The minimum absolute atomic E-state index is 0.233. The number of ether oxygens (including phenoxy) is 1. The number of carbonyl (C=O) groups excluding carboxylic acids is 3. The lowest BCUT2D eigenvalue weighted by Crippen LogP contribution is -2.31. The second kappa shape index (κ2) is 8.80. The molecule has 2 rings (SSSR count). The van der Waals surface area contributed by atoms with Crippen molar-refractivity contribution in [2.75, 3.05) is 19.0 Å². The van der Waals surface area contributed by atoms with Crippen LogP contribution < -0.4 is 5.32 Å². The Hall–Kier alpha value is -3.15. The average Bonchev–Trinajstić information content (AvgIpc) is 2.61. The number of nitrogens with zero attached hydrogens (tertiary/aromatic N) is 1. The highest BCUT2D eigenvalue weighted by molar-refractivity contribution is 5.94. The van der Waals surface area contributed by atoms with Gasteiger partial charge in [-0.15, -0.1) is 0 Å². The summed E-state index contributed by atoms with van der Waals surface area (Å²) in [6.45, 7) is 3.47. The van der Waals surface area contributed by atoms with Crippen LogP contribution in [0, 0.1) is 6.92 Å². The Labute approximate surface area is 152 Å². The van der Waals surface area contributed by atoms with E-state index in [4.69, 9.17) is 4.74 Å². The zero-order valence-corrected chi connectivity index (χ0v) is 15.1. The zero-order valence-electron chi connectivity index (χ0n) is 15.1. The van der Waals surface area contributed by atoms with Gasteiger partial charge in [-0.25, -0.2) is 4.79 Å². The summed E-state index contributed by atoms with van der Waals surface area (Å²) >= 11 is 0. The van der Waals surface area contributed by atoms with Crippen molar-refractivity contribution in [3.8, 4) is 0 Å². The number of nitrogens with one attached hydrogen (secondary N) is 1. The summed E-state index contributed by atoms with van der Waals surface area (Å²) in [5, 5.41) is 2.59. The highest BCUT2D eigenvalue weighted by Gasteiger charge is 2.15. The van der Waals surface area contributed by atoms with Gasteiger partial charge in [-0.05, 0) is 36.2 Å². The number of aryl methyl sites for hydroxylation is 1. The van der Waals surface area contributed by atoms with Gasteiger partial charge in [-0.2, -0.15) is 0 Å². The predicted octanol–water partition coefficient (Wildman–Crippen LogP) is 2.77. The van der Waals surface area contributed by atoms with Gasteiger partial charge in [0, 0.05) is 26.2 Å². The summed E-state index contributed by atoms with van der Waals surface area (Å²) in [6, 6.07) is 14.2. The van der Waals surface area contributed by atoms with Crippen LogP contribution >= 0.6 is 0 Å². The lowest BCUT2D eigenvalue weighted by molar-refractivity contribution is -0.133. The quantitative estimate of drug-likeness (QED) is 0.810. The molecule has 0 spiro atoms. The molecule has 2 aromatic rings. The normalized spacial score (nSPS) is 10.1. The molecule has 2 amide bonds. The monoisotopic (exact) mass is 354 g/mol.